The van der Waals surface area contributed by atoms with Gasteiger partial charge in [0.15, 0.2) is 0 Å². The van der Waals surface area contributed by atoms with Gasteiger partial charge in [-0.2, -0.15) is 0 Å². The van der Waals surface area contributed by atoms with Gasteiger partial charge in [-0.1, -0.05) is 0 Å². The molecule has 1 aromatic rings. The number of carbonyl (C=O) groups is 1. The molecule has 1 aliphatic carbocycles. The number of aliphatic carboxylic acids is 1. The van der Waals surface area contributed by atoms with Crippen LogP contribution in [0.15, 0.2) is 18.2 Å². The lowest BCUT2D eigenvalue weighted by atomic mass is 9.89. The third kappa shape index (κ3) is 2.81. The summed E-state index contributed by atoms with van der Waals surface area (Å²) in [7, 11) is 3.78. The first-order chi connectivity index (χ1) is 8.49. The Labute approximate surface area is 106 Å². The Morgan fingerprint density at radius 1 is 1.50 bits per heavy atom. The zero-order valence-corrected chi connectivity index (χ0v) is 10.7. The Hall–Kier alpha value is -1.58. The molecule has 1 aliphatic rings. The summed E-state index contributed by atoms with van der Waals surface area (Å²) in [6.45, 7) is 0. The lowest BCUT2D eigenvalue weighted by molar-refractivity contribution is -0.137. The van der Waals surface area contributed by atoms with Gasteiger partial charge in [0.05, 0.1) is 6.42 Å². The van der Waals surface area contributed by atoms with Crippen molar-refractivity contribution in [3.8, 4) is 0 Å². The van der Waals surface area contributed by atoms with Crippen LogP contribution in [0.25, 0.3) is 0 Å². The molecule has 0 bridgehead atoms. The van der Waals surface area contributed by atoms with Crippen LogP contribution in [-0.4, -0.2) is 25.2 Å². The van der Waals surface area contributed by atoms with Gasteiger partial charge in [0.2, 0.25) is 0 Å². The maximum absolute atomic E-state index is 13.4. The molecule has 1 aromatic carbocycles. The summed E-state index contributed by atoms with van der Waals surface area (Å²) in [4.78, 5) is 12.9. The van der Waals surface area contributed by atoms with Crippen LogP contribution in [0.5, 0.6) is 0 Å². The number of nitrogens with zero attached hydrogens (tertiary/aromatic N) is 1. The van der Waals surface area contributed by atoms with Crippen molar-refractivity contribution >= 4 is 11.7 Å². The van der Waals surface area contributed by atoms with E-state index in [4.69, 9.17) is 5.11 Å². The highest BCUT2D eigenvalue weighted by atomic mass is 19.1. The van der Waals surface area contributed by atoms with Crippen LogP contribution in [0.4, 0.5) is 10.1 Å². The molecule has 18 heavy (non-hydrogen) atoms. The van der Waals surface area contributed by atoms with E-state index in [0.717, 1.165) is 24.1 Å². The van der Waals surface area contributed by atoms with E-state index < -0.39 is 5.97 Å². The number of anilines is 1. The average molecular weight is 251 g/mol. The van der Waals surface area contributed by atoms with Gasteiger partial charge < -0.3 is 10.0 Å². The van der Waals surface area contributed by atoms with Gasteiger partial charge in [0.1, 0.15) is 5.82 Å². The summed E-state index contributed by atoms with van der Waals surface area (Å²) in [6, 6.07) is 4.63. The second-order valence-electron chi connectivity index (χ2n) is 5.14. The molecule has 1 fully saturated rings. The lowest BCUT2D eigenvalue weighted by Crippen LogP contribution is -2.16. The molecule has 0 spiro atoms. The van der Waals surface area contributed by atoms with Gasteiger partial charge in [-0.3, -0.25) is 4.79 Å². The lowest BCUT2D eigenvalue weighted by Gasteiger charge is -2.23. The molecular weight excluding hydrogens is 233 g/mol. The van der Waals surface area contributed by atoms with Gasteiger partial charge in [-0.25, -0.2) is 4.39 Å². The number of carboxylic acid groups (broad SMARTS) is 1. The van der Waals surface area contributed by atoms with E-state index in [0.29, 0.717) is 5.92 Å². The first kappa shape index (κ1) is 12.9. The molecule has 0 amide bonds. The van der Waals surface area contributed by atoms with E-state index in [1.807, 2.05) is 19.0 Å². The summed E-state index contributed by atoms with van der Waals surface area (Å²) in [5, 5.41) is 9.01. The number of benzene rings is 1. The van der Waals surface area contributed by atoms with Crippen molar-refractivity contribution in [3.05, 3.63) is 29.6 Å². The van der Waals surface area contributed by atoms with Crippen molar-refractivity contribution in [2.75, 3.05) is 19.0 Å². The molecule has 0 aromatic heterocycles. The van der Waals surface area contributed by atoms with Gasteiger partial charge in [-0.15, -0.1) is 0 Å². The standard InChI is InChI=1S/C14H18FNO2/c1-16(2)13-6-5-10(15)7-12(13)11(8-14(17)18)9-3-4-9/h5-7,9,11H,3-4,8H2,1-2H3,(H,17,18). The summed E-state index contributed by atoms with van der Waals surface area (Å²) < 4.78 is 13.4. The van der Waals surface area contributed by atoms with E-state index in [9.17, 15) is 9.18 Å². The van der Waals surface area contributed by atoms with E-state index >= 15 is 0 Å². The molecule has 1 saturated carbocycles. The topological polar surface area (TPSA) is 40.5 Å². The van der Waals surface area contributed by atoms with Crippen molar-refractivity contribution in [1.82, 2.24) is 0 Å². The van der Waals surface area contributed by atoms with Gasteiger partial charge in [-0.05, 0) is 48.4 Å². The largest absolute Gasteiger partial charge is 0.481 e. The van der Waals surface area contributed by atoms with E-state index in [-0.39, 0.29) is 18.2 Å². The summed E-state index contributed by atoms with van der Waals surface area (Å²) in [5.74, 6) is -0.801. The number of rotatable bonds is 5. The quantitative estimate of drug-likeness (QED) is 0.874. The number of carboxylic acids is 1. The van der Waals surface area contributed by atoms with Crippen LogP contribution in [0.3, 0.4) is 0 Å². The SMILES string of the molecule is CN(C)c1ccc(F)cc1C(CC(=O)O)C1CC1. The summed E-state index contributed by atoms with van der Waals surface area (Å²) in [5.41, 5.74) is 1.74. The fourth-order valence-corrected chi connectivity index (χ4v) is 2.45. The molecule has 1 atom stereocenters. The third-order valence-corrected chi connectivity index (χ3v) is 3.46. The minimum atomic E-state index is -0.819. The Morgan fingerprint density at radius 2 is 2.17 bits per heavy atom. The first-order valence-corrected chi connectivity index (χ1v) is 6.17. The molecule has 2 rings (SSSR count). The zero-order chi connectivity index (χ0) is 13.3. The highest BCUT2D eigenvalue weighted by molar-refractivity contribution is 5.69. The molecule has 0 radical (unpaired) electrons. The molecule has 98 valence electrons. The maximum Gasteiger partial charge on any atom is 0.303 e. The van der Waals surface area contributed by atoms with Crippen LogP contribution in [-0.2, 0) is 4.79 Å². The van der Waals surface area contributed by atoms with E-state index in [1.54, 1.807) is 6.07 Å². The predicted molar refractivity (Wildman–Crippen MR) is 68.4 cm³/mol. The van der Waals surface area contributed by atoms with Crippen molar-refractivity contribution in [1.29, 1.82) is 0 Å². The predicted octanol–water partition coefficient (Wildman–Crippen LogP) is 2.86. The molecule has 0 aliphatic heterocycles. The molecule has 1 N–H and O–H groups in total. The van der Waals surface area contributed by atoms with Crippen LogP contribution in [0, 0.1) is 11.7 Å². The Balaban J connectivity index is 2.38. The maximum atomic E-state index is 13.4. The minimum absolute atomic E-state index is 0.0735. The molecule has 1 unspecified atom stereocenters. The fraction of sp³-hybridized carbons (Fsp3) is 0.500. The Morgan fingerprint density at radius 3 is 2.67 bits per heavy atom. The average Bonchev–Trinajstić information content (AvgIpc) is 3.08. The Bertz CT molecular complexity index is 455. The Kier molecular flexibility index (Phi) is 3.55. The highest BCUT2D eigenvalue weighted by Crippen LogP contribution is 2.46. The fourth-order valence-electron chi connectivity index (χ4n) is 2.45. The normalized spacial score (nSPS) is 16.4. The number of hydrogen-bond acceptors (Lipinski definition) is 2. The number of hydrogen-bond donors (Lipinski definition) is 1. The molecule has 3 nitrogen and oxygen atoms in total. The molecule has 0 saturated heterocycles. The van der Waals surface area contributed by atoms with Gasteiger partial charge >= 0.3 is 5.97 Å². The second kappa shape index (κ2) is 4.96. The van der Waals surface area contributed by atoms with Gasteiger partial charge in [0.25, 0.3) is 0 Å². The summed E-state index contributed by atoms with van der Waals surface area (Å²) in [6.07, 6.45) is 2.16. The smallest absolute Gasteiger partial charge is 0.303 e. The molecular formula is C14H18FNO2. The van der Waals surface area contributed by atoms with E-state index in [1.165, 1.54) is 12.1 Å². The minimum Gasteiger partial charge on any atom is -0.481 e. The van der Waals surface area contributed by atoms with Crippen LogP contribution >= 0.6 is 0 Å². The van der Waals surface area contributed by atoms with Gasteiger partial charge in [0, 0.05) is 19.8 Å². The second-order valence-corrected chi connectivity index (χ2v) is 5.14. The monoisotopic (exact) mass is 251 g/mol. The van der Waals surface area contributed by atoms with Crippen molar-refractivity contribution < 1.29 is 14.3 Å². The van der Waals surface area contributed by atoms with Crippen molar-refractivity contribution in [2.24, 2.45) is 5.92 Å². The third-order valence-electron chi connectivity index (χ3n) is 3.46. The van der Waals surface area contributed by atoms with Crippen LogP contribution < -0.4 is 4.90 Å². The zero-order valence-electron chi connectivity index (χ0n) is 10.7. The van der Waals surface area contributed by atoms with E-state index in [2.05, 4.69) is 0 Å². The van der Waals surface area contributed by atoms with Crippen LogP contribution in [0.2, 0.25) is 0 Å². The molecule has 4 heteroatoms. The number of halogens is 1. The first-order valence-electron chi connectivity index (χ1n) is 6.17. The molecule has 0 heterocycles. The highest BCUT2D eigenvalue weighted by Gasteiger charge is 2.35. The van der Waals surface area contributed by atoms with Crippen LogP contribution in [0.1, 0.15) is 30.7 Å². The van der Waals surface area contributed by atoms with Crippen molar-refractivity contribution in [2.45, 2.75) is 25.2 Å². The summed E-state index contributed by atoms with van der Waals surface area (Å²) >= 11 is 0. The van der Waals surface area contributed by atoms with Crippen molar-refractivity contribution in [3.63, 3.8) is 0 Å².